The predicted molar refractivity (Wildman–Crippen MR) is 128 cm³/mol. The van der Waals surface area contributed by atoms with Gasteiger partial charge < -0.3 is 9.64 Å². The molecule has 3 rings (SSSR count). The lowest BCUT2D eigenvalue weighted by Crippen LogP contribution is -2.40. The average molecular weight is 468 g/mol. The zero-order valence-corrected chi connectivity index (χ0v) is 19.3. The number of ether oxygens (including phenoxy) is 1. The fraction of sp³-hybridized carbons (Fsp3) is 0.154. The van der Waals surface area contributed by atoms with Crippen LogP contribution in [-0.2, 0) is 14.3 Å². The number of carbonyl (C=O) groups is 2. The van der Waals surface area contributed by atoms with E-state index in [1.807, 2.05) is 49.4 Å². The standard InChI is InChI=1S/C26H23Cl2NO3/c1-18(20-9-13-22(27)14-10-20)29(24(30)17-8-19-6-4-3-5-7-19)25(26(31)32-2)21-11-15-23(28)16-12-21/h3-18,25H,1-2H3. The van der Waals surface area contributed by atoms with Crippen molar-refractivity contribution >= 4 is 41.2 Å². The first-order valence-corrected chi connectivity index (χ1v) is 10.8. The number of benzene rings is 3. The van der Waals surface area contributed by atoms with E-state index in [9.17, 15) is 9.59 Å². The summed E-state index contributed by atoms with van der Waals surface area (Å²) in [6.45, 7) is 1.86. The molecule has 2 atom stereocenters. The van der Waals surface area contributed by atoms with Crippen molar-refractivity contribution in [1.82, 2.24) is 4.90 Å². The van der Waals surface area contributed by atoms with Crippen molar-refractivity contribution in [1.29, 1.82) is 0 Å². The second-order valence-corrected chi connectivity index (χ2v) is 8.07. The summed E-state index contributed by atoms with van der Waals surface area (Å²) >= 11 is 12.1. The molecular formula is C26H23Cl2NO3. The first-order valence-electron chi connectivity index (χ1n) is 10.0. The van der Waals surface area contributed by atoms with Crippen LogP contribution in [0.5, 0.6) is 0 Å². The Bertz CT molecular complexity index is 1080. The van der Waals surface area contributed by atoms with E-state index in [-0.39, 0.29) is 5.91 Å². The fourth-order valence-corrected chi connectivity index (χ4v) is 3.68. The van der Waals surface area contributed by atoms with Gasteiger partial charge in [-0.05, 0) is 54.0 Å². The summed E-state index contributed by atoms with van der Waals surface area (Å²) in [6.07, 6.45) is 3.19. The monoisotopic (exact) mass is 467 g/mol. The summed E-state index contributed by atoms with van der Waals surface area (Å²) in [5, 5.41) is 1.12. The molecule has 0 spiro atoms. The Morgan fingerprint density at radius 1 is 0.844 bits per heavy atom. The molecule has 0 saturated carbocycles. The van der Waals surface area contributed by atoms with E-state index in [0.29, 0.717) is 15.6 Å². The maximum atomic E-state index is 13.5. The first-order chi connectivity index (χ1) is 15.4. The Kier molecular flexibility index (Phi) is 8.09. The summed E-state index contributed by atoms with van der Waals surface area (Å²) in [7, 11) is 1.31. The molecule has 0 fully saturated rings. The van der Waals surface area contributed by atoms with Gasteiger partial charge >= 0.3 is 5.97 Å². The number of hydrogen-bond donors (Lipinski definition) is 0. The van der Waals surface area contributed by atoms with E-state index in [4.69, 9.17) is 27.9 Å². The second kappa shape index (κ2) is 11.0. The molecule has 32 heavy (non-hydrogen) atoms. The van der Waals surface area contributed by atoms with Crippen molar-refractivity contribution in [2.24, 2.45) is 0 Å². The number of carbonyl (C=O) groups excluding carboxylic acids is 2. The van der Waals surface area contributed by atoms with Crippen molar-refractivity contribution in [3.63, 3.8) is 0 Å². The molecule has 3 aromatic rings. The average Bonchev–Trinajstić information content (AvgIpc) is 2.82. The highest BCUT2D eigenvalue weighted by molar-refractivity contribution is 6.30. The SMILES string of the molecule is COC(=O)C(c1ccc(Cl)cc1)N(C(=O)C=Cc1ccccc1)C(C)c1ccc(Cl)cc1. The zero-order chi connectivity index (χ0) is 23.1. The first kappa shape index (κ1) is 23.6. The molecule has 3 aromatic carbocycles. The maximum Gasteiger partial charge on any atom is 0.333 e. The largest absolute Gasteiger partial charge is 0.467 e. The third-order valence-corrected chi connectivity index (χ3v) is 5.63. The highest BCUT2D eigenvalue weighted by atomic mass is 35.5. The van der Waals surface area contributed by atoms with Crippen LogP contribution in [0.3, 0.4) is 0 Å². The molecule has 0 bridgehead atoms. The van der Waals surface area contributed by atoms with E-state index >= 15 is 0 Å². The van der Waals surface area contributed by atoms with Crippen molar-refractivity contribution < 1.29 is 14.3 Å². The lowest BCUT2D eigenvalue weighted by atomic mass is 9.99. The van der Waals surface area contributed by atoms with Crippen LogP contribution >= 0.6 is 23.2 Å². The second-order valence-electron chi connectivity index (χ2n) is 7.19. The Labute approximate surface area is 198 Å². The van der Waals surface area contributed by atoms with Crippen molar-refractivity contribution in [2.75, 3.05) is 7.11 Å². The van der Waals surface area contributed by atoms with Crippen LogP contribution in [0.15, 0.2) is 84.9 Å². The third kappa shape index (κ3) is 5.78. The number of methoxy groups -OCH3 is 1. The highest BCUT2D eigenvalue weighted by Gasteiger charge is 2.35. The van der Waals surface area contributed by atoms with Crippen LogP contribution in [0.1, 0.15) is 35.7 Å². The molecule has 6 heteroatoms. The molecule has 0 saturated heterocycles. The Balaban J connectivity index is 2.06. The van der Waals surface area contributed by atoms with Crippen LogP contribution in [0.25, 0.3) is 6.08 Å². The van der Waals surface area contributed by atoms with Gasteiger partial charge in [0.15, 0.2) is 6.04 Å². The summed E-state index contributed by atoms with van der Waals surface area (Å²) < 4.78 is 5.09. The van der Waals surface area contributed by atoms with Gasteiger partial charge in [0, 0.05) is 16.1 Å². The van der Waals surface area contributed by atoms with Gasteiger partial charge in [-0.3, -0.25) is 4.79 Å². The number of halogens is 2. The van der Waals surface area contributed by atoms with E-state index < -0.39 is 18.1 Å². The van der Waals surface area contributed by atoms with Gasteiger partial charge in [-0.1, -0.05) is 77.8 Å². The van der Waals surface area contributed by atoms with E-state index in [0.717, 1.165) is 11.1 Å². The maximum absolute atomic E-state index is 13.5. The summed E-state index contributed by atoms with van der Waals surface area (Å²) in [5.41, 5.74) is 2.31. The fourth-order valence-electron chi connectivity index (χ4n) is 3.43. The number of rotatable bonds is 7. The van der Waals surface area contributed by atoms with E-state index in [1.165, 1.54) is 18.1 Å². The Morgan fingerprint density at radius 3 is 1.91 bits per heavy atom. The Hall–Kier alpha value is -3.08. The van der Waals surface area contributed by atoms with Gasteiger partial charge in [-0.2, -0.15) is 0 Å². The van der Waals surface area contributed by atoms with Crippen LogP contribution in [0.2, 0.25) is 10.0 Å². The minimum absolute atomic E-state index is 0.332. The quantitative estimate of drug-likeness (QED) is 0.293. The minimum atomic E-state index is -0.962. The smallest absolute Gasteiger partial charge is 0.333 e. The molecule has 2 unspecified atom stereocenters. The lowest BCUT2D eigenvalue weighted by Gasteiger charge is -2.35. The molecule has 164 valence electrons. The van der Waals surface area contributed by atoms with Crippen molar-refractivity contribution in [3.8, 4) is 0 Å². The normalized spacial score (nSPS) is 12.9. The summed E-state index contributed by atoms with van der Waals surface area (Å²) in [5.74, 6) is -0.878. The zero-order valence-electron chi connectivity index (χ0n) is 17.7. The van der Waals surface area contributed by atoms with Gasteiger partial charge in [0.25, 0.3) is 0 Å². The molecule has 1 amide bonds. The molecule has 0 N–H and O–H groups in total. The van der Waals surface area contributed by atoms with E-state index in [2.05, 4.69) is 0 Å². The van der Waals surface area contributed by atoms with Crippen LogP contribution < -0.4 is 0 Å². The van der Waals surface area contributed by atoms with Gasteiger partial charge in [0.1, 0.15) is 0 Å². The van der Waals surface area contributed by atoms with Gasteiger partial charge in [-0.15, -0.1) is 0 Å². The van der Waals surface area contributed by atoms with Gasteiger partial charge in [0.05, 0.1) is 13.2 Å². The predicted octanol–water partition coefficient (Wildman–Crippen LogP) is 6.51. The number of nitrogens with zero attached hydrogens (tertiary/aromatic N) is 1. The molecule has 0 aliphatic heterocycles. The van der Waals surface area contributed by atoms with Gasteiger partial charge in [0.2, 0.25) is 5.91 Å². The molecule has 0 aliphatic carbocycles. The van der Waals surface area contributed by atoms with Gasteiger partial charge in [-0.25, -0.2) is 4.79 Å². The topological polar surface area (TPSA) is 46.6 Å². The summed E-state index contributed by atoms with van der Waals surface area (Å²) in [6, 6.07) is 22.1. The minimum Gasteiger partial charge on any atom is -0.467 e. The molecule has 0 radical (unpaired) electrons. The molecule has 0 heterocycles. The molecular weight excluding hydrogens is 445 g/mol. The lowest BCUT2D eigenvalue weighted by molar-refractivity contribution is -0.153. The van der Waals surface area contributed by atoms with Crippen molar-refractivity contribution in [2.45, 2.75) is 19.0 Å². The van der Waals surface area contributed by atoms with Crippen molar-refractivity contribution in [3.05, 3.63) is 112 Å². The number of amides is 1. The third-order valence-electron chi connectivity index (χ3n) is 5.13. The van der Waals surface area contributed by atoms with Crippen LogP contribution in [0.4, 0.5) is 0 Å². The number of hydrogen-bond acceptors (Lipinski definition) is 3. The molecule has 0 aliphatic rings. The van der Waals surface area contributed by atoms with E-state index in [1.54, 1.807) is 42.5 Å². The number of esters is 1. The summed E-state index contributed by atoms with van der Waals surface area (Å²) in [4.78, 5) is 27.9. The van der Waals surface area contributed by atoms with Crippen LogP contribution in [0, 0.1) is 0 Å². The van der Waals surface area contributed by atoms with Crippen LogP contribution in [-0.4, -0.2) is 23.9 Å². The highest BCUT2D eigenvalue weighted by Crippen LogP contribution is 2.33. The Morgan fingerprint density at radius 2 is 1.38 bits per heavy atom. The molecule has 4 nitrogen and oxygen atoms in total. The molecule has 0 aromatic heterocycles.